The van der Waals surface area contributed by atoms with Gasteiger partial charge in [-0.1, -0.05) is 23.7 Å². The Balaban J connectivity index is 2.33. The zero-order chi connectivity index (χ0) is 20.4. The second kappa shape index (κ2) is 8.14. The van der Waals surface area contributed by atoms with Gasteiger partial charge < -0.3 is 4.90 Å². The van der Waals surface area contributed by atoms with E-state index in [0.717, 1.165) is 12.1 Å². The molecule has 0 fully saturated rings. The summed E-state index contributed by atoms with van der Waals surface area (Å²) in [5.41, 5.74) is -0.871. The summed E-state index contributed by atoms with van der Waals surface area (Å²) in [6.45, 7) is -0.251. The van der Waals surface area contributed by atoms with E-state index >= 15 is 0 Å². The maximum absolute atomic E-state index is 13.5. The number of rotatable bonds is 6. The van der Waals surface area contributed by atoms with Crippen LogP contribution in [-0.4, -0.2) is 34.0 Å². The SMILES string of the molecule is CN(C)C(CNS(=O)(=O)c1ccc(Cl)cc1C(F)(F)F)c1cccc(F)c1. The summed E-state index contributed by atoms with van der Waals surface area (Å²) in [6, 6.07) is 7.40. The topological polar surface area (TPSA) is 49.4 Å². The molecule has 1 N–H and O–H groups in total. The van der Waals surface area contributed by atoms with E-state index in [2.05, 4.69) is 4.72 Å². The number of halogens is 5. The van der Waals surface area contributed by atoms with Crippen LogP contribution in [0.5, 0.6) is 0 Å². The predicted octanol–water partition coefficient (Wildman–Crippen LogP) is 4.08. The highest BCUT2D eigenvalue weighted by atomic mass is 35.5. The van der Waals surface area contributed by atoms with E-state index in [1.54, 1.807) is 25.1 Å². The van der Waals surface area contributed by atoms with Crippen LogP contribution in [0.3, 0.4) is 0 Å². The minimum Gasteiger partial charge on any atom is -0.301 e. The molecule has 2 aromatic carbocycles. The van der Waals surface area contributed by atoms with E-state index in [1.165, 1.54) is 18.2 Å². The highest BCUT2D eigenvalue weighted by molar-refractivity contribution is 7.89. The van der Waals surface area contributed by atoms with Gasteiger partial charge in [0.2, 0.25) is 10.0 Å². The third-order valence-corrected chi connectivity index (χ3v) is 5.58. The highest BCUT2D eigenvalue weighted by Gasteiger charge is 2.37. The molecule has 0 saturated heterocycles. The van der Waals surface area contributed by atoms with Crippen molar-refractivity contribution in [2.75, 3.05) is 20.6 Å². The number of hydrogen-bond donors (Lipinski definition) is 1. The smallest absolute Gasteiger partial charge is 0.301 e. The first-order valence-corrected chi connectivity index (χ1v) is 9.56. The van der Waals surface area contributed by atoms with E-state index in [1.807, 2.05) is 0 Å². The number of sulfonamides is 1. The van der Waals surface area contributed by atoms with Crippen LogP contribution in [0, 0.1) is 5.82 Å². The van der Waals surface area contributed by atoms with Gasteiger partial charge in [-0.05, 0) is 50.0 Å². The van der Waals surface area contributed by atoms with Crippen molar-refractivity contribution in [3.05, 3.63) is 64.4 Å². The van der Waals surface area contributed by atoms with Crippen molar-refractivity contribution in [1.82, 2.24) is 9.62 Å². The van der Waals surface area contributed by atoms with E-state index in [9.17, 15) is 26.0 Å². The van der Waals surface area contributed by atoms with E-state index in [0.29, 0.717) is 11.6 Å². The molecule has 0 heterocycles. The van der Waals surface area contributed by atoms with E-state index in [4.69, 9.17) is 11.6 Å². The first kappa shape index (κ1) is 21.6. The van der Waals surface area contributed by atoms with Crippen molar-refractivity contribution in [2.24, 2.45) is 0 Å². The fourth-order valence-electron chi connectivity index (χ4n) is 2.54. The fraction of sp³-hybridized carbons (Fsp3) is 0.294. The van der Waals surface area contributed by atoms with Crippen LogP contribution in [0.25, 0.3) is 0 Å². The zero-order valence-corrected chi connectivity index (χ0v) is 16.0. The molecule has 0 aliphatic heterocycles. The molecule has 2 rings (SSSR count). The Bertz CT molecular complexity index is 917. The number of alkyl halides is 3. The molecular formula is C17H17ClF4N2O2S. The quantitative estimate of drug-likeness (QED) is 0.711. The molecule has 148 valence electrons. The Morgan fingerprint density at radius 3 is 2.37 bits per heavy atom. The average molecular weight is 425 g/mol. The Labute approximate surface area is 159 Å². The molecule has 0 aromatic heterocycles. The number of hydrogen-bond acceptors (Lipinski definition) is 3. The summed E-state index contributed by atoms with van der Waals surface area (Å²) in [5, 5.41) is -0.229. The van der Waals surface area contributed by atoms with Crippen molar-refractivity contribution < 1.29 is 26.0 Å². The van der Waals surface area contributed by atoms with Gasteiger partial charge in [0.15, 0.2) is 0 Å². The first-order valence-electron chi connectivity index (χ1n) is 7.70. The summed E-state index contributed by atoms with van der Waals surface area (Å²) < 4.78 is 80.2. The lowest BCUT2D eigenvalue weighted by molar-refractivity contribution is -0.139. The molecule has 0 amide bonds. The van der Waals surface area contributed by atoms with Gasteiger partial charge in [0.25, 0.3) is 0 Å². The molecule has 10 heteroatoms. The second-order valence-electron chi connectivity index (χ2n) is 6.02. The average Bonchev–Trinajstić information content (AvgIpc) is 2.53. The van der Waals surface area contributed by atoms with Gasteiger partial charge in [0.05, 0.1) is 10.5 Å². The molecule has 0 aliphatic carbocycles. The van der Waals surface area contributed by atoms with Gasteiger partial charge in [-0.3, -0.25) is 0 Å². The Kier molecular flexibility index (Phi) is 6.51. The number of likely N-dealkylation sites (N-methyl/N-ethyl adjacent to an activating group) is 1. The molecule has 0 aliphatic rings. The normalized spacial score (nSPS) is 13.8. The van der Waals surface area contributed by atoms with Crippen molar-refractivity contribution in [3.8, 4) is 0 Å². The lowest BCUT2D eigenvalue weighted by Crippen LogP contribution is -2.35. The number of nitrogens with one attached hydrogen (secondary N) is 1. The number of benzene rings is 2. The highest BCUT2D eigenvalue weighted by Crippen LogP contribution is 2.35. The molecule has 27 heavy (non-hydrogen) atoms. The molecule has 2 aromatic rings. The minimum absolute atomic E-state index is 0.229. The van der Waals surface area contributed by atoms with E-state index < -0.39 is 38.5 Å². The van der Waals surface area contributed by atoms with Crippen LogP contribution >= 0.6 is 11.6 Å². The largest absolute Gasteiger partial charge is 0.417 e. The molecule has 1 unspecified atom stereocenters. The van der Waals surface area contributed by atoms with Crippen molar-refractivity contribution in [3.63, 3.8) is 0 Å². The van der Waals surface area contributed by atoms with Crippen LogP contribution in [0.15, 0.2) is 47.4 Å². The van der Waals surface area contributed by atoms with Crippen LogP contribution in [-0.2, 0) is 16.2 Å². The zero-order valence-electron chi connectivity index (χ0n) is 14.4. The summed E-state index contributed by atoms with van der Waals surface area (Å²) in [7, 11) is -1.19. The molecule has 4 nitrogen and oxygen atoms in total. The summed E-state index contributed by atoms with van der Waals surface area (Å²) in [5.74, 6) is -0.501. The Morgan fingerprint density at radius 1 is 1.15 bits per heavy atom. The lowest BCUT2D eigenvalue weighted by atomic mass is 10.1. The van der Waals surface area contributed by atoms with Gasteiger partial charge in [-0.25, -0.2) is 17.5 Å². The van der Waals surface area contributed by atoms with Crippen LogP contribution in [0.4, 0.5) is 17.6 Å². The van der Waals surface area contributed by atoms with Crippen LogP contribution in [0.2, 0.25) is 5.02 Å². The predicted molar refractivity (Wildman–Crippen MR) is 94.5 cm³/mol. The van der Waals surface area contributed by atoms with Crippen LogP contribution < -0.4 is 4.72 Å². The molecular weight excluding hydrogens is 408 g/mol. The summed E-state index contributed by atoms with van der Waals surface area (Å²) in [4.78, 5) is 0.709. The monoisotopic (exact) mass is 424 g/mol. The van der Waals surface area contributed by atoms with Crippen LogP contribution in [0.1, 0.15) is 17.2 Å². The van der Waals surface area contributed by atoms with Gasteiger partial charge in [-0.15, -0.1) is 0 Å². The van der Waals surface area contributed by atoms with Gasteiger partial charge in [0, 0.05) is 17.6 Å². The van der Waals surface area contributed by atoms with Crippen molar-refractivity contribution >= 4 is 21.6 Å². The molecule has 0 saturated carbocycles. The second-order valence-corrected chi connectivity index (χ2v) is 8.20. The molecule has 0 spiro atoms. The minimum atomic E-state index is -4.89. The maximum atomic E-state index is 13.5. The standard InChI is InChI=1S/C17H17ClF4N2O2S/c1-24(2)15(11-4-3-5-13(19)8-11)10-23-27(25,26)16-7-6-12(18)9-14(16)17(20,21)22/h3-9,15,23H,10H2,1-2H3. The fourth-order valence-corrected chi connectivity index (χ4v) is 3.95. The third-order valence-electron chi connectivity index (χ3n) is 3.86. The van der Waals surface area contributed by atoms with Gasteiger partial charge in [0.1, 0.15) is 5.82 Å². The van der Waals surface area contributed by atoms with Gasteiger partial charge in [-0.2, -0.15) is 13.2 Å². The third kappa shape index (κ3) is 5.41. The molecule has 1 atom stereocenters. The Hall–Kier alpha value is -1.68. The first-order chi connectivity index (χ1) is 12.4. The number of nitrogens with zero attached hydrogens (tertiary/aromatic N) is 1. The van der Waals surface area contributed by atoms with E-state index in [-0.39, 0.29) is 11.6 Å². The summed E-state index contributed by atoms with van der Waals surface area (Å²) >= 11 is 5.58. The maximum Gasteiger partial charge on any atom is 0.417 e. The molecule has 0 bridgehead atoms. The Morgan fingerprint density at radius 2 is 1.81 bits per heavy atom. The van der Waals surface area contributed by atoms with Crippen molar-refractivity contribution in [1.29, 1.82) is 0 Å². The summed E-state index contributed by atoms with van der Waals surface area (Å²) in [6.07, 6.45) is -4.89. The molecule has 0 radical (unpaired) electrons. The van der Waals surface area contributed by atoms with Gasteiger partial charge >= 0.3 is 6.18 Å². The lowest BCUT2D eigenvalue weighted by Gasteiger charge is -2.25. The van der Waals surface area contributed by atoms with Crippen molar-refractivity contribution in [2.45, 2.75) is 17.1 Å².